The Hall–Kier alpha value is -3.68. The summed E-state index contributed by atoms with van der Waals surface area (Å²) in [7, 11) is 0. The molecule has 8 nitrogen and oxygen atoms in total. The fourth-order valence-corrected chi connectivity index (χ4v) is 2.51. The fraction of sp³-hybridized carbons (Fsp3) is 0.273. The van der Waals surface area contributed by atoms with Gasteiger partial charge in [0.2, 0.25) is 11.8 Å². The third-order valence-corrected chi connectivity index (χ3v) is 4.20. The number of carbonyl (C=O) groups is 4. The quantitative estimate of drug-likeness (QED) is 0.578. The van der Waals surface area contributed by atoms with Crippen molar-refractivity contribution in [1.82, 2.24) is 0 Å². The predicted octanol–water partition coefficient (Wildman–Crippen LogP) is 3.16. The average molecular weight is 411 g/mol. The van der Waals surface area contributed by atoms with Crippen LogP contribution in [-0.4, -0.2) is 30.3 Å². The molecule has 2 aromatic carbocycles. The van der Waals surface area contributed by atoms with E-state index in [4.69, 9.17) is 4.74 Å². The maximum Gasteiger partial charge on any atom is 0.306 e. The number of aryl methyl sites for hydroxylation is 2. The smallest absolute Gasteiger partial charge is 0.306 e. The van der Waals surface area contributed by atoms with Crippen LogP contribution < -0.4 is 16.0 Å². The van der Waals surface area contributed by atoms with Crippen molar-refractivity contribution in [2.75, 3.05) is 22.6 Å². The molecule has 2 aromatic rings. The molecular formula is C22H25N3O5. The van der Waals surface area contributed by atoms with Gasteiger partial charge in [-0.2, -0.15) is 0 Å². The van der Waals surface area contributed by atoms with Crippen LogP contribution in [0.5, 0.6) is 0 Å². The summed E-state index contributed by atoms with van der Waals surface area (Å²) in [6.45, 7) is 4.90. The van der Waals surface area contributed by atoms with Gasteiger partial charge in [0, 0.05) is 30.4 Å². The SMILES string of the molecule is CC(=O)Nc1ccc(NC(=O)CCC(=O)OCC(=O)Nc2ccc(C)c(C)c2)cc1. The highest BCUT2D eigenvalue weighted by Gasteiger charge is 2.11. The molecule has 30 heavy (non-hydrogen) atoms. The van der Waals surface area contributed by atoms with Gasteiger partial charge in [-0.1, -0.05) is 6.07 Å². The molecule has 3 N–H and O–H groups in total. The molecule has 0 fully saturated rings. The van der Waals surface area contributed by atoms with E-state index in [0.29, 0.717) is 17.1 Å². The van der Waals surface area contributed by atoms with Crippen molar-refractivity contribution in [3.8, 4) is 0 Å². The van der Waals surface area contributed by atoms with Crippen molar-refractivity contribution < 1.29 is 23.9 Å². The van der Waals surface area contributed by atoms with Crippen LogP contribution in [0.25, 0.3) is 0 Å². The van der Waals surface area contributed by atoms with E-state index < -0.39 is 18.5 Å². The Bertz CT molecular complexity index is 938. The molecule has 0 spiro atoms. The van der Waals surface area contributed by atoms with Crippen LogP contribution in [-0.2, 0) is 23.9 Å². The van der Waals surface area contributed by atoms with Crippen molar-refractivity contribution in [2.45, 2.75) is 33.6 Å². The number of benzene rings is 2. The lowest BCUT2D eigenvalue weighted by atomic mass is 10.1. The van der Waals surface area contributed by atoms with Gasteiger partial charge in [0.25, 0.3) is 5.91 Å². The third kappa shape index (κ3) is 7.75. The van der Waals surface area contributed by atoms with E-state index in [0.717, 1.165) is 11.1 Å². The molecule has 0 saturated carbocycles. The third-order valence-electron chi connectivity index (χ3n) is 4.20. The minimum Gasteiger partial charge on any atom is -0.456 e. The molecule has 0 aliphatic heterocycles. The van der Waals surface area contributed by atoms with Crippen LogP contribution in [0.1, 0.15) is 30.9 Å². The number of amides is 3. The van der Waals surface area contributed by atoms with E-state index in [9.17, 15) is 19.2 Å². The van der Waals surface area contributed by atoms with Crippen molar-refractivity contribution in [2.24, 2.45) is 0 Å². The Morgan fingerprint density at radius 2 is 1.30 bits per heavy atom. The van der Waals surface area contributed by atoms with Gasteiger partial charge in [0.15, 0.2) is 6.61 Å². The molecule has 8 heteroatoms. The molecule has 0 aromatic heterocycles. The zero-order valence-corrected chi connectivity index (χ0v) is 17.2. The van der Waals surface area contributed by atoms with Gasteiger partial charge in [-0.25, -0.2) is 0 Å². The molecule has 0 aliphatic carbocycles. The number of anilines is 3. The van der Waals surface area contributed by atoms with Crippen molar-refractivity contribution in [3.63, 3.8) is 0 Å². The average Bonchev–Trinajstić information content (AvgIpc) is 2.69. The van der Waals surface area contributed by atoms with E-state index >= 15 is 0 Å². The maximum absolute atomic E-state index is 12.0. The van der Waals surface area contributed by atoms with Crippen LogP contribution in [0.15, 0.2) is 42.5 Å². The zero-order valence-electron chi connectivity index (χ0n) is 17.2. The monoisotopic (exact) mass is 411 g/mol. The van der Waals surface area contributed by atoms with Crippen LogP contribution >= 0.6 is 0 Å². The normalized spacial score (nSPS) is 10.1. The highest BCUT2D eigenvalue weighted by molar-refractivity contribution is 5.95. The topological polar surface area (TPSA) is 114 Å². The Balaban J connectivity index is 1.69. The summed E-state index contributed by atoms with van der Waals surface area (Å²) in [6.07, 6.45) is -0.224. The second-order valence-electron chi connectivity index (χ2n) is 6.81. The zero-order chi connectivity index (χ0) is 22.1. The molecule has 158 valence electrons. The lowest BCUT2D eigenvalue weighted by molar-refractivity contribution is -0.147. The van der Waals surface area contributed by atoms with Gasteiger partial charge < -0.3 is 20.7 Å². The van der Waals surface area contributed by atoms with Crippen molar-refractivity contribution >= 4 is 40.8 Å². The van der Waals surface area contributed by atoms with E-state index in [2.05, 4.69) is 16.0 Å². The Morgan fingerprint density at radius 3 is 1.90 bits per heavy atom. The van der Waals surface area contributed by atoms with Gasteiger partial charge in [-0.05, 0) is 61.4 Å². The molecule has 0 heterocycles. The highest BCUT2D eigenvalue weighted by atomic mass is 16.5. The second-order valence-corrected chi connectivity index (χ2v) is 6.81. The number of esters is 1. The molecule has 0 bridgehead atoms. The summed E-state index contributed by atoms with van der Waals surface area (Å²) in [5.41, 5.74) is 3.93. The first-order valence-corrected chi connectivity index (χ1v) is 9.43. The first-order chi connectivity index (χ1) is 14.2. The summed E-state index contributed by atoms with van der Waals surface area (Å²) >= 11 is 0. The van der Waals surface area contributed by atoms with Gasteiger partial charge in [0.05, 0.1) is 6.42 Å². The number of nitrogens with one attached hydrogen (secondary N) is 3. The molecule has 3 amide bonds. The predicted molar refractivity (Wildman–Crippen MR) is 114 cm³/mol. The molecular weight excluding hydrogens is 386 g/mol. The highest BCUT2D eigenvalue weighted by Crippen LogP contribution is 2.15. The van der Waals surface area contributed by atoms with Crippen LogP contribution in [0.4, 0.5) is 17.1 Å². The summed E-state index contributed by atoms with van der Waals surface area (Å²) in [4.78, 5) is 46.6. The maximum atomic E-state index is 12.0. The van der Waals surface area contributed by atoms with Crippen LogP contribution in [0.2, 0.25) is 0 Å². The fourth-order valence-electron chi connectivity index (χ4n) is 2.51. The molecule has 0 saturated heterocycles. The minimum atomic E-state index is -0.638. The molecule has 0 atom stereocenters. The van der Waals surface area contributed by atoms with Crippen LogP contribution in [0.3, 0.4) is 0 Å². The van der Waals surface area contributed by atoms with E-state index in [-0.39, 0.29) is 24.7 Å². The van der Waals surface area contributed by atoms with Crippen LogP contribution in [0, 0.1) is 13.8 Å². The van der Waals surface area contributed by atoms with Crippen molar-refractivity contribution in [1.29, 1.82) is 0 Å². The number of hydrogen-bond acceptors (Lipinski definition) is 5. The summed E-state index contributed by atoms with van der Waals surface area (Å²) in [6, 6.07) is 12.1. The molecule has 0 aliphatic rings. The molecule has 2 rings (SSSR count). The number of rotatable bonds is 8. The largest absolute Gasteiger partial charge is 0.456 e. The minimum absolute atomic E-state index is 0.0783. The lowest BCUT2D eigenvalue weighted by Gasteiger charge is -2.09. The second kappa shape index (κ2) is 10.8. The van der Waals surface area contributed by atoms with E-state index in [1.807, 2.05) is 26.0 Å². The Morgan fingerprint density at radius 1 is 0.733 bits per heavy atom. The van der Waals surface area contributed by atoms with Gasteiger partial charge >= 0.3 is 5.97 Å². The van der Waals surface area contributed by atoms with Gasteiger partial charge in [-0.15, -0.1) is 0 Å². The van der Waals surface area contributed by atoms with E-state index in [1.165, 1.54) is 6.92 Å². The summed E-state index contributed by atoms with van der Waals surface area (Å²) in [5, 5.41) is 7.93. The summed E-state index contributed by atoms with van der Waals surface area (Å²) in [5.74, 6) is -1.64. The Kier molecular flexibility index (Phi) is 8.10. The number of hydrogen-bond donors (Lipinski definition) is 3. The van der Waals surface area contributed by atoms with Gasteiger partial charge in [0.1, 0.15) is 0 Å². The number of carbonyl (C=O) groups excluding carboxylic acids is 4. The Labute approximate surface area is 175 Å². The van der Waals surface area contributed by atoms with Gasteiger partial charge in [-0.3, -0.25) is 19.2 Å². The molecule has 0 unspecified atom stereocenters. The standard InChI is InChI=1S/C22H25N3O5/c1-14-4-5-19(12-15(14)2)25-21(28)13-30-22(29)11-10-20(27)24-18-8-6-17(7-9-18)23-16(3)26/h4-9,12H,10-11,13H2,1-3H3,(H,23,26)(H,24,27)(H,25,28). The van der Waals surface area contributed by atoms with Crippen molar-refractivity contribution in [3.05, 3.63) is 53.6 Å². The first-order valence-electron chi connectivity index (χ1n) is 9.43. The number of ether oxygens (including phenoxy) is 1. The molecule has 0 radical (unpaired) electrons. The van der Waals surface area contributed by atoms with E-state index in [1.54, 1.807) is 30.3 Å². The lowest BCUT2D eigenvalue weighted by Crippen LogP contribution is -2.21. The first kappa shape index (κ1) is 22.6. The summed E-state index contributed by atoms with van der Waals surface area (Å²) < 4.78 is 4.91.